The van der Waals surface area contributed by atoms with E-state index in [0.717, 1.165) is 30.3 Å². The van der Waals surface area contributed by atoms with Crippen molar-refractivity contribution in [3.63, 3.8) is 0 Å². The van der Waals surface area contributed by atoms with Crippen LogP contribution in [0, 0.1) is 5.82 Å². The Kier molecular flexibility index (Phi) is 5.70. The van der Waals surface area contributed by atoms with Crippen LogP contribution in [0.3, 0.4) is 0 Å². The molecule has 0 fully saturated rings. The molecule has 1 N–H and O–H groups in total. The minimum Gasteiger partial charge on any atom is -0.349 e. The Morgan fingerprint density at radius 2 is 1.90 bits per heavy atom. The van der Waals surface area contributed by atoms with Gasteiger partial charge in [0.25, 0.3) is 0 Å². The summed E-state index contributed by atoms with van der Waals surface area (Å²) in [5, 5.41) is 4.53. The second kappa shape index (κ2) is 7.52. The van der Waals surface area contributed by atoms with Gasteiger partial charge in [-0.15, -0.1) is 11.3 Å². The highest BCUT2D eigenvalue weighted by atomic mass is 32.1. The highest BCUT2D eigenvalue weighted by Crippen LogP contribution is 2.23. The number of hydrogen-bond acceptors (Lipinski definition) is 4. The average Bonchev–Trinajstić information content (AvgIpc) is 2.96. The van der Waals surface area contributed by atoms with E-state index in [-0.39, 0.29) is 11.9 Å². The third-order valence-corrected chi connectivity index (χ3v) is 4.59. The van der Waals surface area contributed by atoms with Gasteiger partial charge in [-0.1, -0.05) is 12.1 Å². The van der Waals surface area contributed by atoms with Crippen LogP contribution in [-0.2, 0) is 6.54 Å². The number of thiazole rings is 1. The molecule has 0 radical (unpaired) electrons. The molecule has 0 spiro atoms. The van der Waals surface area contributed by atoms with E-state index in [1.54, 1.807) is 11.3 Å². The fourth-order valence-corrected chi connectivity index (χ4v) is 3.13. The van der Waals surface area contributed by atoms with Crippen LogP contribution in [0.25, 0.3) is 0 Å². The van der Waals surface area contributed by atoms with Crippen LogP contribution in [0.5, 0.6) is 0 Å². The Morgan fingerprint density at radius 3 is 2.52 bits per heavy atom. The van der Waals surface area contributed by atoms with Gasteiger partial charge >= 0.3 is 0 Å². The van der Waals surface area contributed by atoms with E-state index in [0.29, 0.717) is 0 Å². The lowest BCUT2D eigenvalue weighted by Gasteiger charge is -2.16. The van der Waals surface area contributed by atoms with Crippen LogP contribution in [0.4, 0.5) is 9.52 Å². The summed E-state index contributed by atoms with van der Waals surface area (Å²) in [6.45, 7) is 9.08. The standard InChI is InChI=1S/C16H22FN3S/c1-4-20(5-2)16-19-11-15(21-16)10-18-12(3)13-6-8-14(17)9-7-13/h6-9,11-12,18H,4-5,10H2,1-3H3/t12-/m0/s1. The number of halogens is 1. The van der Waals surface area contributed by atoms with Crippen LogP contribution >= 0.6 is 11.3 Å². The van der Waals surface area contributed by atoms with E-state index >= 15 is 0 Å². The number of aromatic nitrogens is 1. The molecule has 5 heteroatoms. The summed E-state index contributed by atoms with van der Waals surface area (Å²) in [7, 11) is 0. The molecule has 114 valence electrons. The Hall–Kier alpha value is -1.46. The van der Waals surface area contributed by atoms with E-state index in [2.05, 4.69) is 36.0 Å². The Balaban J connectivity index is 1.92. The van der Waals surface area contributed by atoms with Crippen molar-refractivity contribution in [2.24, 2.45) is 0 Å². The zero-order chi connectivity index (χ0) is 15.2. The molecule has 0 unspecified atom stereocenters. The predicted octanol–water partition coefficient (Wildman–Crippen LogP) is 3.98. The minimum absolute atomic E-state index is 0.185. The number of benzene rings is 1. The van der Waals surface area contributed by atoms with Crippen LogP contribution in [-0.4, -0.2) is 18.1 Å². The van der Waals surface area contributed by atoms with Crippen molar-refractivity contribution < 1.29 is 4.39 Å². The summed E-state index contributed by atoms with van der Waals surface area (Å²) in [5.41, 5.74) is 1.09. The monoisotopic (exact) mass is 307 g/mol. The molecule has 1 aromatic heterocycles. The van der Waals surface area contributed by atoms with Crippen molar-refractivity contribution in [2.45, 2.75) is 33.4 Å². The van der Waals surface area contributed by atoms with E-state index in [4.69, 9.17) is 0 Å². The van der Waals surface area contributed by atoms with E-state index < -0.39 is 0 Å². The summed E-state index contributed by atoms with van der Waals surface area (Å²) in [6, 6.07) is 6.82. The molecule has 3 nitrogen and oxygen atoms in total. The van der Waals surface area contributed by atoms with Crippen molar-refractivity contribution in [1.82, 2.24) is 10.3 Å². The Bertz CT molecular complexity index is 549. The van der Waals surface area contributed by atoms with Crippen LogP contribution in [0.1, 0.15) is 37.3 Å². The average molecular weight is 307 g/mol. The molecule has 0 bridgehead atoms. The third kappa shape index (κ3) is 4.25. The SMILES string of the molecule is CCN(CC)c1ncc(CN[C@@H](C)c2ccc(F)cc2)s1. The maximum absolute atomic E-state index is 12.9. The second-order valence-corrected chi connectivity index (χ2v) is 6.03. The second-order valence-electron chi connectivity index (χ2n) is 4.94. The predicted molar refractivity (Wildman–Crippen MR) is 87.3 cm³/mol. The van der Waals surface area contributed by atoms with Gasteiger partial charge in [0.2, 0.25) is 0 Å². The lowest BCUT2D eigenvalue weighted by Crippen LogP contribution is -2.21. The number of hydrogen-bond donors (Lipinski definition) is 1. The molecular formula is C16H22FN3S. The molecule has 0 amide bonds. The number of nitrogens with one attached hydrogen (secondary N) is 1. The molecule has 0 saturated heterocycles. The van der Waals surface area contributed by atoms with Crippen molar-refractivity contribution in [2.75, 3.05) is 18.0 Å². The van der Waals surface area contributed by atoms with E-state index in [1.165, 1.54) is 17.0 Å². The van der Waals surface area contributed by atoms with Crippen LogP contribution < -0.4 is 10.2 Å². The topological polar surface area (TPSA) is 28.2 Å². The van der Waals surface area contributed by atoms with Gasteiger partial charge in [0.05, 0.1) is 0 Å². The van der Waals surface area contributed by atoms with Gasteiger partial charge in [-0.3, -0.25) is 0 Å². The number of anilines is 1. The van der Waals surface area contributed by atoms with Gasteiger partial charge in [-0.05, 0) is 38.5 Å². The largest absolute Gasteiger partial charge is 0.349 e. The first-order chi connectivity index (χ1) is 10.1. The number of rotatable bonds is 7. The first kappa shape index (κ1) is 15.9. The first-order valence-corrected chi connectivity index (χ1v) is 8.14. The van der Waals surface area contributed by atoms with Gasteiger partial charge in [0.15, 0.2) is 5.13 Å². The highest BCUT2D eigenvalue weighted by Gasteiger charge is 2.09. The summed E-state index contributed by atoms with van der Waals surface area (Å²) < 4.78 is 12.9. The zero-order valence-electron chi connectivity index (χ0n) is 12.8. The summed E-state index contributed by atoms with van der Waals surface area (Å²) >= 11 is 1.72. The Morgan fingerprint density at radius 1 is 1.24 bits per heavy atom. The maximum Gasteiger partial charge on any atom is 0.185 e. The third-order valence-electron chi connectivity index (χ3n) is 3.53. The maximum atomic E-state index is 12.9. The fourth-order valence-electron chi connectivity index (χ4n) is 2.14. The smallest absolute Gasteiger partial charge is 0.185 e. The van der Waals surface area contributed by atoms with Crippen molar-refractivity contribution >= 4 is 16.5 Å². The van der Waals surface area contributed by atoms with E-state index in [9.17, 15) is 4.39 Å². The van der Waals surface area contributed by atoms with Gasteiger partial charge in [-0.25, -0.2) is 9.37 Å². The molecule has 1 heterocycles. The lowest BCUT2D eigenvalue weighted by atomic mass is 10.1. The molecule has 1 atom stereocenters. The normalized spacial score (nSPS) is 12.4. The summed E-state index contributed by atoms with van der Waals surface area (Å²) in [5.74, 6) is -0.197. The minimum atomic E-state index is -0.197. The number of nitrogens with zero attached hydrogens (tertiary/aromatic N) is 2. The van der Waals surface area contributed by atoms with Crippen molar-refractivity contribution in [3.8, 4) is 0 Å². The van der Waals surface area contributed by atoms with Crippen LogP contribution in [0.15, 0.2) is 30.5 Å². The highest BCUT2D eigenvalue weighted by molar-refractivity contribution is 7.15. The molecular weight excluding hydrogens is 285 g/mol. The van der Waals surface area contributed by atoms with Gasteiger partial charge in [0.1, 0.15) is 5.82 Å². The first-order valence-electron chi connectivity index (χ1n) is 7.32. The quantitative estimate of drug-likeness (QED) is 0.838. The van der Waals surface area contributed by atoms with Crippen LogP contribution in [0.2, 0.25) is 0 Å². The summed E-state index contributed by atoms with van der Waals surface area (Å²) in [6.07, 6.45) is 1.93. The van der Waals surface area contributed by atoms with Crippen molar-refractivity contribution in [3.05, 3.63) is 46.7 Å². The molecule has 1 aromatic carbocycles. The Labute approximate surface area is 129 Å². The van der Waals surface area contributed by atoms with Gasteiger partial charge in [0, 0.05) is 36.8 Å². The van der Waals surface area contributed by atoms with E-state index in [1.807, 2.05) is 18.3 Å². The fraction of sp³-hybridized carbons (Fsp3) is 0.438. The molecule has 2 rings (SSSR count). The van der Waals surface area contributed by atoms with Gasteiger partial charge in [-0.2, -0.15) is 0 Å². The van der Waals surface area contributed by atoms with Gasteiger partial charge < -0.3 is 10.2 Å². The zero-order valence-corrected chi connectivity index (χ0v) is 13.6. The molecule has 0 saturated carbocycles. The summed E-state index contributed by atoms with van der Waals surface area (Å²) in [4.78, 5) is 7.94. The molecule has 0 aliphatic rings. The molecule has 2 aromatic rings. The lowest BCUT2D eigenvalue weighted by molar-refractivity contribution is 0.574. The molecule has 0 aliphatic heterocycles. The van der Waals surface area contributed by atoms with Crippen molar-refractivity contribution in [1.29, 1.82) is 0 Å². The molecule has 0 aliphatic carbocycles. The molecule has 21 heavy (non-hydrogen) atoms.